The van der Waals surface area contributed by atoms with Crippen LogP contribution in [0.15, 0.2) is 0 Å². The Kier molecular flexibility index (Phi) is 2.08. The smallest absolute Gasteiger partial charge is 0.0472 e. The van der Waals surface area contributed by atoms with Gasteiger partial charge in [0, 0.05) is 17.3 Å². The first kappa shape index (κ1) is 9.38. The van der Waals surface area contributed by atoms with Gasteiger partial charge in [-0.1, -0.05) is 6.92 Å². The predicted octanol–water partition coefficient (Wildman–Crippen LogP) is 3.32. The number of fused-ring (bicyclic) bond motifs is 1. The molecule has 0 aliphatic heterocycles. The van der Waals surface area contributed by atoms with Crippen molar-refractivity contribution < 1.29 is 0 Å². The summed E-state index contributed by atoms with van der Waals surface area (Å²) in [5.74, 6) is 0.810. The summed E-state index contributed by atoms with van der Waals surface area (Å²) in [7, 11) is 0. The van der Waals surface area contributed by atoms with Crippen molar-refractivity contribution in [3.63, 3.8) is 0 Å². The molecule has 2 aliphatic rings. The van der Waals surface area contributed by atoms with E-state index in [9.17, 15) is 0 Å². The van der Waals surface area contributed by atoms with E-state index in [0.717, 1.165) is 12.3 Å². The number of rotatable bonds is 2. The van der Waals surface area contributed by atoms with Crippen LogP contribution in [0.2, 0.25) is 0 Å². The topological polar surface area (TPSA) is 12.9 Å². The molecule has 0 unspecified atom stereocenters. The molecule has 0 spiro atoms. The first-order chi connectivity index (χ1) is 7.31. The molecule has 0 aromatic carbocycles. The Hall–Kier alpha value is -0.850. The minimum Gasteiger partial charge on any atom is -0.257 e. The second-order valence-electron chi connectivity index (χ2n) is 5.01. The number of aryl methyl sites for hydroxylation is 1. The molecule has 1 aromatic rings. The summed E-state index contributed by atoms with van der Waals surface area (Å²) in [6.45, 7) is 4.59. The summed E-state index contributed by atoms with van der Waals surface area (Å²) in [5, 5.41) is 0. The molecule has 1 aromatic heterocycles. The summed E-state index contributed by atoms with van der Waals surface area (Å²) in [6, 6.07) is 0. The van der Waals surface area contributed by atoms with Gasteiger partial charge in [-0.15, -0.1) is 0 Å². The first-order valence-corrected chi connectivity index (χ1v) is 6.32. The van der Waals surface area contributed by atoms with E-state index in [4.69, 9.17) is 4.98 Å². The molecule has 2 aliphatic carbocycles. The van der Waals surface area contributed by atoms with Crippen molar-refractivity contribution in [2.75, 3.05) is 0 Å². The second-order valence-corrected chi connectivity index (χ2v) is 5.01. The molecule has 0 radical (unpaired) electrons. The highest BCUT2D eigenvalue weighted by Gasteiger charge is 2.30. The molecule has 1 heteroatoms. The lowest BCUT2D eigenvalue weighted by atomic mass is 9.96. The summed E-state index contributed by atoms with van der Waals surface area (Å²) < 4.78 is 0. The number of hydrogen-bond acceptors (Lipinski definition) is 1. The highest BCUT2D eigenvalue weighted by Crippen LogP contribution is 2.43. The maximum Gasteiger partial charge on any atom is 0.0472 e. The zero-order chi connectivity index (χ0) is 10.4. The van der Waals surface area contributed by atoms with Gasteiger partial charge < -0.3 is 0 Å². The summed E-state index contributed by atoms with van der Waals surface area (Å²) in [6.07, 6.45) is 7.72. The molecule has 15 heavy (non-hydrogen) atoms. The van der Waals surface area contributed by atoms with Gasteiger partial charge in [-0.25, -0.2) is 0 Å². The lowest BCUT2D eigenvalue weighted by Crippen LogP contribution is -2.04. The third-order valence-electron chi connectivity index (χ3n) is 3.98. The molecule has 0 saturated heterocycles. The Morgan fingerprint density at radius 3 is 2.73 bits per heavy atom. The van der Waals surface area contributed by atoms with Crippen LogP contribution in [0.5, 0.6) is 0 Å². The van der Waals surface area contributed by atoms with Crippen molar-refractivity contribution in [2.45, 2.75) is 58.3 Å². The Bertz CT molecular complexity index is 402. The van der Waals surface area contributed by atoms with Crippen molar-refractivity contribution in [1.29, 1.82) is 0 Å². The van der Waals surface area contributed by atoms with Crippen LogP contribution >= 0.6 is 0 Å². The maximum atomic E-state index is 4.95. The monoisotopic (exact) mass is 201 g/mol. The molecule has 0 N–H and O–H groups in total. The molecule has 3 rings (SSSR count). The fourth-order valence-electron chi connectivity index (χ4n) is 2.98. The molecule has 0 atom stereocenters. The molecule has 80 valence electrons. The van der Waals surface area contributed by atoms with Crippen LogP contribution in [-0.2, 0) is 19.3 Å². The normalized spacial score (nSPS) is 19.3. The van der Waals surface area contributed by atoms with E-state index >= 15 is 0 Å². The fourth-order valence-corrected chi connectivity index (χ4v) is 2.98. The lowest BCUT2D eigenvalue weighted by Gasteiger charge is -2.14. The minimum atomic E-state index is 0.810. The van der Waals surface area contributed by atoms with Gasteiger partial charge in [-0.3, -0.25) is 4.98 Å². The number of pyridine rings is 1. The summed E-state index contributed by atoms with van der Waals surface area (Å²) in [5.41, 5.74) is 7.60. The van der Waals surface area contributed by atoms with E-state index in [1.807, 2.05) is 0 Å². The maximum absolute atomic E-state index is 4.95. The van der Waals surface area contributed by atoms with Crippen molar-refractivity contribution >= 4 is 0 Å². The SMILES string of the molecule is CCc1c(C2CC2)nc2c(c1C)CCC2. The Labute approximate surface area is 91.9 Å². The van der Waals surface area contributed by atoms with Crippen molar-refractivity contribution in [3.8, 4) is 0 Å². The quantitative estimate of drug-likeness (QED) is 0.715. The van der Waals surface area contributed by atoms with Crippen LogP contribution in [0.1, 0.15) is 60.2 Å². The van der Waals surface area contributed by atoms with Crippen molar-refractivity contribution in [1.82, 2.24) is 4.98 Å². The van der Waals surface area contributed by atoms with Gasteiger partial charge in [0.25, 0.3) is 0 Å². The molecule has 0 bridgehead atoms. The average Bonchev–Trinajstić information content (AvgIpc) is 2.97. The van der Waals surface area contributed by atoms with Crippen LogP contribution in [0.25, 0.3) is 0 Å². The van der Waals surface area contributed by atoms with Crippen LogP contribution in [0, 0.1) is 6.92 Å². The molecular weight excluding hydrogens is 182 g/mol. The van der Waals surface area contributed by atoms with Crippen molar-refractivity contribution in [3.05, 3.63) is 28.1 Å². The Morgan fingerprint density at radius 2 is 2.07 bits per heavy atom. The van der Waals surface area contributed by atoms with Gasteiger partial charge in [0.05, 0.1) is 0 Å². The van der Waals surface area contributed by atoms with Gasteiger partial charge in [-0.05, 0) is 62.1 Å². The zero-order valence-corrected chi connectivity index (χ0v) is 9.77. The Morgan fingerprint density at radius 1 is 1.27 bits per heavy atom. The molecule has 1 heterocycles. The highest BCUT2D eigenvalue weighted by molar-refractivity contribution is 5.44. The standard InChI is InChI=1S/C14H19N/c1-3-11-9(2)12-5-4-6-13(12)15-14(11)10-7-8-10/h10H,3-8H2,1-2H3. The van der Waals surface area contributed by atoms with Gasteiger partial charge in [0.2, 0.25) is 0 Å². The van der Waals surface area contributed by atoms with Crippen LogP contribution in [0.3, 0.4) is 0 Å². The number of aromatic nitrogens is 1. The van der Waals surface area contributed by atoms with Crippen LogP contribution < -0.4 is 0 Å². The average molecular weight is 201 g/mol. The molecule has 1 fully saturated rings. The van der Waals surface area contributed by atoms with E-state index in [1.165, 1.54) is 43.5 Å². The summed E-state index contributed by atoms with van der Waals surface area (Å²) >= 11 is 0. The number of hydrogen-bond donors (Lipinski definition) is 0. The van der Waals surface area contributed by atoms with Gasteiger partial charge in [-0.2, -0.15) is 0 Å². The van der Waals surface area contributed by atoms with Gasteiger partial charge >= 0.3 is 0 Å². The third-order valence-corrected chi connectivity index (χ3v) is 3.98. The third kappa shape index (κ3) is 1.40. The number of nitrogens with zero attached hydrogens (tertiary/aromatic N) is 1. The van der Waals surface area contributed by atoms with Crippen LogP contribution in [-0.4, -0.2) is 4.98 Å². The van der Waals surface area contributed by atoms with E-state index in [-0.39, 0.29) is 0 Å². The molecule has 0 amide bonds. The lowest BCUT2D eigenvalue weighted by molar-refractivity contribution is 0.882. The zero-order valence-electron chi connectivity index (χ0n) is 9.77. The highest BCUT2D eigenvalue weighted by atomic mass is 14.8. The largest absolute Gasteiger partial charge is 0.257 e. The molecule has 1 saturated carbocycles. The van der Waals surface area contributed by atoms with Gasteiger partial charge in [0.15, 0.2) is 0 Å². The Balaban J connectivity index is 2.17. The van der Waals surface area contributed by atoms with E-state index in [2.05, 4.69) is 13.8 Å². The predicted molar refractivity (Wildman–Crippen MR) is 62.4 cm³/mol. The van der Waals surface area contributed by atoms with E-state index in [1.54, 1.807) is 16.7 Å². The van der Waals surface area contributed by atoms with E-state index in [0.29, 0.717) is 0 Å². The minimum absolute atomic E-state index is 0.810. The van der Waals surface area contributed by atoms with E-state index < -0.39 is 0 Å². The molecular formula is C14H19N. The van der Waals surface area contributed by atoms with Gasteiger partial charge in [0.1, 0.15) is 0 Å². The first-order valence-electron chi connectivity index (χ1n) is 6.32. The fraction of sp³-hybridized carbons (Fsp3) is 0.643. The summed E-state index contributed by atoms with van der Waals surface area (Å²) in [4.78, 5) is 4.95. The molecule has 1 nitrogen and oxygen atoms in total. The van der Waals surface area contributed by atoms with Crippen molar-refractivity contribution in [2.24, 2.45) is 0 Å². The second kappa shape index (κ2) is 3.33. The van der Waals surface area contributed by atoms with Crippen LogP contribution in [0.4, 0.5) is 0 Å².